The number of hydrogen-bond acceptors (Lipinski definition) is 5. The van der Waals surface area contributed by atoms with Crippen LogP contribution in [0.1, 0.15) is 64.0 Å². The van der Waals surface area contributed by atoms with E-state index < -0.39 is 0 Å². The number of ether oxygens (including phenoxy) is 1. The second-order valence-electron chi connectivity index (χ2n) is 8.18. The first-order chi connectivity index (χ1) is 14.3. The zero-order valence-corrected chi connectivity index (χ0v) is 20.9. The number of guanidine groups is 1. The average Bonchev–Trinajstić information content (AvgIpc) is 3.27. The Balaban J connectivity index is 0.00000320. The van der Waals surface area contributed by atoms with Crippen LogP contribution in [0.2, 0.25) is 0 Å². The third kappa shape index (κ3) is 9.09. The molecule has 0 aromatic carbocycles. The smallest absolute Gasteiger partial charge is 0.194 e. The Kier molecular flexibility index (Phi) is 12.7. The molecule has 0 atom stereocenters. The predicted molar refractivity (Wildman–Crippen MR) is 131 cm³/mol. The first-order valence-electron chi connectivity index (χ1n) is 11.6. The van der Waals surface area contributed by atoms with Crippen molar-refractivity contribution in [3.05, 3.63) is 18.0 Å². The maximum Gasteiger partial charge on any atom is 0.194 e. The maximum atomic E-state index is 6.02. The van der Waals surface area contributed by atoms with Crippen molar-refractivity contribution in [3.63, 3.8) is 0 Å². The van der Waals surface area contributed by atoms with Crippen molar-refractivity contribution in [1.82, 2.24) is 20.3 Å². The van der Waals surface area contributed by atoms with Gasteiger partial charge < -0.3 is 19.5 Å². The number of rotatable bonds is 10. The molecule has 1 saturated heterocycles. The minimum absolute atomic E-state index is 0. The summed E-state index contributed by atoms with van der Waals surface area (Å²) in [5.41, 5.74) is 1.01. The number of halogens is 1. The third-order valence-corrected chi connectivity index (χ3v) is 5.85. The molecule has 2 aliphatic rings. The Morgan fingerprint density at radius 2 is 1.97 bits per heavy atom. The van der Waals surface area contributed by atoms with Crippen LogP contribution in [0.5, 0.6) is 0 Å². The Bertz CT molecular complexity index is 570. The summed E-state index contributed by atoms with van der Waals surface area (Å²) in [7, 11) is 0. The summed E-state index contributed by atoms with van der Waals surface area (Å²) in [6, 6.07) is 1.94. The molecule has 30 heavy (non-hydrogen) atoms. The van der Waals surface area contributed by atoms with Crippen molar-refractivity contribution in [2.24, 2.45) is 4.99 Å². The molecule has 2 fully saturated rings. The van der Waals surface area contributed by atoms with Gasteiger partial charge in [0.2, 0.25) is 0 Å². The second-order valence-corrected chi connectivity index (χ2v) is 8.18. The van der Waals surface area contributed by atoms with Crippen LogP contribution >= 0.6 is 24.0 Å². The summed E-state index contributed by atoms with van der Waals surface area (Å²) in [5, 5.41) is 7.48. The van der Waals surface area contributed by atoms with Gasteiger partial charge in [0.05, 0.1) is 11.8 Å². The number of aliphatic imine (C=N–C) groups is 1. The van der Waals surface area contributed by atoms with Crippen LogP contribution in [-0.2, 0) is 11.3 Å². The molecular weight excluding hydrogens is 493 g/mol. The molecule has 3 rings (SSSR count). The van der Waals surface area contributed by atoms with E-state index in [0.29, 0.717) is 6.10 Å². The quantitative estimate of drug-likeness (QED) is 0.213. The molecule has 7 nitrogen and oxygen atoms in total. The zero-order valence-electron chi connectivity index (χ0n) is 18.6. The molecule has 1 saturated carbocycles. The average molecular weight is 533 g/mol. The lowest BCUT2D eigenvalue weighted by molar-refractivity contribution is 0.0264. The molecule has 1 aliphatic heterocycles. The summed E-state index contributed by atoms with van der Waals surface area (Å²) in [4.78, 5) is 9.67. The number of nitrogens with zero attached hydrogens (tertiary/aromatic N) is 4. The number of nitrogens with one attached hydrogen (secondary N) is 1. The Morgan fingerprint density at radius 1 is 1.17 bits per heavy atom. The van der Waals surface area contributed by atoms with E-state index in [1.807, 2.05) is 6.07 Å². The highest BCUT2D eigenvalue weighted by atomic mass is 127. The number of unbranched alkanes of at least 4 members (excludes halogenated alkanes) is 2. The van der Waals surface area contributed by atoms with Crippen LogP contribution < -0.4 is 5.32 Å². The second kappa shape index (κ2) is 15.0. The topological polar surface area (TPSA) is 66.1 Å². The van der Waals surface area contributed by atoms with Crippen LogP contribution in [0.25, 0.3) is 0 Å². The van der Waals surface area contributed by atoms with Gasteiger partial charge in [0, 0.05) is 58.5 Å². The molecule has 1 aromatic rings. The lowest BCUT2D eigenvalue weighted by atomic mass is 9.98. The number of hydrogen-bond donors (Lipinski definition) is 1. The summed E-state index contributed by atoms with van der Waals surface area (Å²) < 4.78 is 11.0. The van der Waals surface area contributed by atoms with Crippen molar-refractivity contribution < 1.29 is 9.26 Å². The highest BCUT2D eigenvalue weighted by molar-refractivity contribution is 14.0. The van der Waals surface area contributed by atoms with Crippen LogP contribution in [0, 0.1) is 0 Å². The molecule has 1 aromatic heterocycles. The molecule has 0 unspecified atom stereocenters. The van der Waals surface area contributed by atoms with Crippen molar-refractivity contribution in [2.75, 3.05) is 45.9 Å². The molecule has 2 heterocycles. The summed E-state index contributed by atoms with van der Waals surface area (Å²) >= 11 is 0. The SMILES string of the molecule is CCNC(=NCCCCCOC1CCCCC1)N1CCN(Cc2ccon2)CC1.I. The number of aromatic nitrogens is 1. The van der Waals surface area contributed by atoms with E-state index in [0.717, 1.165) is 76.9 Å². The van der Waals surface area contributed by atoms with Gasteiger partial charge in [-0.25, -0.2) is 0 Å². The van der Waals surface area contributed by atoms with Crippen LogP contribution in [-0.4, -0.2) is 72.9 Å². The normalized spacial score (nSPS) is 19.0. The molecule has 172 valence electrons. The molecule has 0 amide bonds. The fourth-order valence-corrected chi connectivity index (χ4v) is 4.15. The highest BCUT2D eigenvalue weighted by Crippen LogP contribution is 2.20. The van der Waals surface area contributed by atoms with Gasteiger partial charge in [0.15, 0.2) is 5.96 Å². The van der Waals surface area contributed by atoms with Gasteiger partial charge in [-0.1, -0.05) is 24.4 Å². The molecule has 1 N–H and O–H groups in total. The van der Waals surface area contributed by atoms with Gasteiger partial charge in [-0.2, -0.15) is 0 Å². The van der Waals surface area contributed by atoms with Gasteiger partial charge in [-0.05, 0) is 39.0 Å². The zero-order chi connectivity index (χ0) is 20.2. The fraction of sp³-hybridized carbons (Fsp3) is 0.818. The molecule has 1 aliphatic carbocycles. The highest BCUT2D eigenvalue weighted by Gasteiger charge is 2.20. The Hall–Kier alpha value is -0.870. The molecule has 0 bridgehead atoms. The van der Waals surface area contributed by atoms with E-state index in [2.05, 4.69) is 27.2 Å². The fourth-order valence-electron chi connectivity index (χ4n) is 4.15. The predicted octanol–water partition coefficient (Wildman–Crippen LogP) is 3.90. The van der Waals surface area contributed by atoms with E-state index in [-0.39, 0.29) is 24.0 Å². The van der Waals surface area contributed by atoms with E-state index in [1.165, 1.54) is 38.5 Å². The summed E-state index contributed by atoms with van der Waals surface area (Å²) in [5.74, 6) is 1.06. The van der Waals surface area contributed by atoms with E-state index in [4.69, 9.17) is 14.3 Å². The lowest BCUT2D eigenvalue weighted by Gasteiger charge is -2.36. The Labute approximate surface area is 199 Å². The maximum absolute atomic E-state index is 6.02. The number of piperazine rings is 1. The van der Waals surface area contributed by atoms with E-state index in [9.17, 15) is 0 Å². The molecule has 0 spiro atoms. The largest absolute Gasteiger partial charge is 0.378 e. The standard InChI is InChI=1S/C22H39N5O2.HI/c1-2-23-22(24-12-7-4-8-17-28-21-9-5-3-6-10-21)27-15-13-26(14-16-27)19-20-11-18-29-25-20;/h11,18,21H,2-10,12-17,19H2,1H3,(H,23,24);1H. The third-order valence-electron chi connectivity index (χ3n) is 5.85. The molecule has 8 heteroatoms. The van der Waals surface area contributed by atoms with Gasteiger partial charge in [-0.3, -0.25) is 9.89 Å². The Morgan fingerprint density at radius 3 is 2.67 bits per heavy atom. The van der Waals surface area contributed by atoms with Crippen LogP contribution in [0.3, 0.4) is 0 Å². The lowest BCUT2D eigenvalue weighted by Crippen LogP contribution is -2.52. The van der Waals surface area contributed by atoms with Gasteiger partial charge in [0.1, 0.15) is 6.26 Å². The first kappa shape index (κ1) is 25.4. The summed E-state index contributed by atoms with van der Waals surface area (Å²) in [6.07, 6.45) is 12.3. The van der Waals surface area contributed by atoms with Crippen molar-refractivity contribution in [1.29, 1.82) is 0 Å². The molecular formula is C22H40IN5O2. The van der Waals surface area contributed by atoms with E-state index >= 15 is 0 Å². The van der Waals surface area contributed by atoms with Gasteiger partial charge >= 0.3 is 0 Å². The monoisotopic (exact) mass is 533 g/mol. The minimum Gasteiger partial charge on any atom is -0.378 e. The first-order valence-corrected chi connectivity index (χ1v) is 11.6. The van der Waals surface area contributed by atoms with Gasteiger partial charge in [0.25, 0.3) is 0 Å². The van der Waals surface area contributed by atoms with E-state index in [1.54, 1.807) is 6.26 Å². The van der Waals surface area contributed by atoms with Gasteiger partial charge in [-0.15, -0.1) is 24.0 Å². The van der Waals surface area contributed by atoms with Crippen LogP contribution in [0.15, 0.2) is 21.8 Å². The summed E-state index contributed by atoms with van der Waals surface area (Å²) in [6.45, 7) is 9.77. The van der Waals surface area contributed by atoms with Crippen molar-refractivity contribution >= 4 is 29.9 Å². The van der Waals surface area contributed by atoms with Crippen molar-refractivity contribution in [3.8, 4) is 0 Å². The van der Waals surface area contributed by atoms with Crippen molar-refractivity contribution in [2.45, 2.75) is 70.9 Å². The molecule has 0 radical (unpaired) electrons. The minimum atomic E-state index is 0. The van der Waals surface area contributed by atoms with Crippen LogP contribution in [0.4, 0.5) is 0 Å².